The van der Waals surface area contributed by atoms with Crippen LogP contribution in [0.25, 0.3) is 0 Å². The Balaban J connectivity index is 1.82. The van der Waals surface area contributed by atoms with E-state index >= 15 is 0 Å². The normalized spacial score (nSPS) is 32.7. The van der Waals surface area contributed by atoms with Gasteiger partial charge in [0.25, 0.3) is 5.91 Å². The third-order valence-corrected chi connectivity index (χ3v) is 4.75. The zero-order valence-corrected chi connectivity index (χ0v) is 10.7. The van der Waals surface area contributed by atoms with E-state index in [-0.39, 0.29) is 5.91 Å². The van der Waals surface area contributed by atoms with Crippen LogP contribution in [-0.4, -0.2) is 30.0 Å². The molecule has 1 saturated carbocycles. The van der Waals surface area contributed by atoms with Gasteiger partial charge in [0.05, 0.1) is 0 Å². The van der Waals surface area contributed by atoms with Crippen molar-refractivity contribution < 1.29 is 9.53 Å². The lowest BCUT2D eigenvalue weighted by Crippen LogP contribution is -2.46. The lowest BCUT2D eigenvalue weighted by molar-refractivity contribution is -0.139. The van der Waals surface area contributed by atoms with Crippen molar-refractivity contribution in [2.24, 2.45) is 5.41 Å². The maximum Gasteiger partial charge on any atom is 0.251 e. The number of nitrogens with one attached hydrogen (secondary N) is 1. The van der Waals surface area contributed by atoms with Gasteiger partial charge in [-0.15, -0.1) is 0 Å². The maximum atomic E-state index is 11.9. The molecule has 0 aromatic carbocycles. The van der Waals surface area contributed by atoms with E-state index in [0.717, 1.165) is 24.7 Å². The minimum absolute atomic E-state index is 0.0622. The number of amides is 1. The van der Waals surface area contributed by atoms with Crippen LogP contribution in [0.3, 0.4) is 0 Å². The maximum absolute atomic E-state index is 11.9. The molecule has 0 bridgehead atoms. The van der Waals surface area contributed by atoms with Crippen LogP contribution in [0.15, 0.2) is 0 Å². The number of ether oxygens (including phenoxy) is 1. The Bertz CT molecular complexity index is 257. The largest absolute Gasteiger partial charge is 0.365 e. The third-order valence-electron chi connectivity index (χ3n) is 3.56. The molecule has 3 nitrogen and oxygen atoms in total. The molecule has 1 saturated heterocycles. The predicted molar refractivity (Wildman–Crippen MR) is 62.1 cm³/mol. The van der Waals surface area contributed by atoms with Gasteiger partial charge in [0.15, 0.2) is 0 Å². The standard InChI is InChI=1S/C11H18BrNO2/c1-10(3-2-6-15-10)9(14)13-8-11(7-12)4-5-11/h2-8H2,1H3,(H,13,14). The predicted octanol–water partition coefficient (Wildman–Crippen LogP) is 1.85. The van der Waals surface area contributed by atoms with E-state index in [1.807, 2.05) is 6.92 Å². The molecular formula is C11H18BrNO2. The first-order chi connectivity index (χ1) is 7.10. The van der Waals surface area contributed by atoms with Crippen LogP contribution in [0.1, 0.15) is 32.6 Å². The second-order valence-electron chi connectivity index (χ2n) is 5.00. The molecule has 4 heteroatoms. The average molecular weight is 276 g/mol. The number of alkyl halides is 1. The number of hydrogen-bond donors (Lipinski definition) is 1. The number of hydrogen-bond acceptors (Lipinski definition) is 2. The van der Waals surface area contributed by atoms with Crippen molar-refractivity contribution in [1.82, 2.24) is 5.32 Å². The highest BCUT2D eigenvalue weighted by atomic mass is 79.9. The molecule has 1 heterocycles. The van der Waals surface area contributed by atoms with Crippen LogP contribution in [0.2, 0.25) is 0 Å². The van der Waals surface area contributed by atoms with Gasteiger partial charge in [-0.3, -0.25) is 4.79 Å². The molecule has 2 aliphatic rings. The van der Waals surface area contributed by atoms with Gasteiger partial charge < -0.3 is 10.1 Å². The summed E-state index contributed by atoms with van der Waals surface area (Å²) in [5, 5.41) is 4.01. The Morgan fingerprint density at radius 2 is 2.20 bits per heavy atom. The summed E-state index contributed by atoms with van der Waals surface area (Å²) in [7, 11) is 0. The molecule has 0 aromatic heterocycles. The second-order valence-corrected chi connectivity index (χ2v) is 5.56. The number of halogens is 1. The Hall–Kier alpha value is -0.0900. The monoisotopic (exact) mass is 275 g/mol. The zero-order valence-electron chi connectivity index (χ0n) is 9.14. The highest BCUT2D eigenvalue weighted by Crippen LogP contribution is 2.46. The first-order valence-corrected chi connectivity index (χ1v) is 6.71. The molecule has 1 aliphatic carbocycles. The van der Waals surface area contributed by atoms with Crippen molar-refractivity contribution in [1.29, 1.82) is 0 Å². The van der Waals surface area contributed by atoms with E-state index in [1.54, 1.807) is 0 Å². The topological polar surface area (TPSA) is 38.3 Å². The smallest absolute Gasteiger partial charge is 0.251 e. The summed E-state index contributed by atoms with van der Waals surface area (Å²) in [6.07, 6.45) is 4.28. The number of rotatable bonds is 4. The summed E-state index contributed by atoms with van der Waals surface area (Å²) in [5.41, 5.74) is -0.229. The van der Waals surface area contributed by atoms with Crippen molar-refractivity contribution >= 4 is 21.8 Å². The molecule has 0 radical (unpaired) electrons. The first-order valence-electron chi connectivity index (χ1n) is 5.59. The van der Waals surface area contributed by atoms with Crippen LogP contribution in [0, 0.1) is 5.41 Å². The summed E-state index contributed by atoms with van der Waals surface area (Å²) < 4.78 is 5.50. The van der Waals surface area contributed by atoms with Crippen LogP contribution >= 0.6 is 15.9 Å². The number of carbonyl (C=O) groups is 1. The third kappa shape index (κ3) is 2.36. The van der Waals surface area contributed by atoms with Gasteiger partial charge >= 0.3 is 0 Å². The Kier molecular flexibility index (Phi) is 3.08. The molecule has 2 fully saturated rings. The van der Waals surface area contributed by atoms with Gasteiger partial charge in [0.1, 0.15) is 5.60 Å². The van der Waals surface area contributed by atoms with Crippen molar-refractivity contribution in [3.63, 3.8) is 0 Å². The van der Waals surface area contributed by atoms with Crippen LogP contribution < -0.4 is 5.32 Å². The molecule has 1 N–H and O–H groups in total. The van der Waals surface area contributed by atoms with E-state index in [0.29, 0.717) is 12.0 Å². The second kappa shape index (κ2) is 4.06. The molecule has 1 atom stereocenters. The van der Waals surface area contributed by atoms with Crippen molar-refractivity contribution in [2.45, 2.75) is 38.2 Å². The molecule has 86 valence electrons. The summed E-state index contributed by atoms with van der Waals surface area (Å²) >= 11 is 3.50. The molecule has 1 unspecified atom stereocenters. The van der Waals surface area contributed by atoms with Gasteiger partial charge in [-0.05, 0) is 38.0 Å². The Morgan fingerprint density at radius 1 is 1.47 bits per heavy atom. The van der Waals surface area contributed by atoms with Gasteiger partial charge in [-0.25, -0.2) is 0 Å². The van der Waals surface area contributed by atoms with Crippen LogP contribution in [0.4, 0.5) is 0 Å². The summed E-state index contributed by atoms with van der Waals surface area (Å²) in [6, 6.07) is 0. The molecule has 0 aromatic rings. The highest BCUT2D eigenvalue weighted by molar-refractivity contribution is 9.09. The van der Waals surface area contributed by atoms with Crippen LogP contribution in [-0.2, 0) is 9.53 Å². The zero-order chi connectivity index (χ0) is 10.9. The van der Waals surface area contributed by atoms with Crippen molar-refractivity contribution in [3.05, 3.63) is 0 Å². The van der Waals surface area contributed by atoms with E-state index in [1.165, 1.54) is 12.8 Å². The highest BCUT2D eigenvalue weighted by Gasteiger charge is 2.44. The fraction of sp³-hybridized carbons (Fsp3) is 0.909. The molecule has 15 heavy (non-hydrogen) atoms. The summed E-state index contributed by atoms with van der Waals surface area (Å²) in [4.78, 5) is 11.9. The molecule has 0 spiro atoms. The molecular weight excluding hydrogens is 258 g/mol. The lowest BCUT2D eigenvalue weighted by atomic mass is 10.0. The van der Waals surface area contributed by atoms with Crippen LogP contribution in [0.5, 0.6) is 0 Å². The quantitative estimate of drug-likeness (QED) is 0.796. The fourth-order valence-electron chi connectivity index (χ4n) is 1.95. The Morgan fingerprint density at radius 3 is 2.67 bits per heavy atom. The first kappa shape index (κ1) is 11.4. The van der Waals surface area contributed by atoms with Gasteiger partial charge in [0, 0.05) is 18.5 Å². The average Bonchev–Trinajstić information content (AvgIpc) is 2.90. The van der Waals surface area contributed by atoms with E-state index < -0.39 is 5.60 Å². The molecule has 1 aliphatic heterocycles. The summed E-state index contributed by atoms with van der Waals surface area (Å²) in [5.74, 6) is 0.0622. The fourth-order valence-corrected chi connectivity index (χ4v) is 2.71. The number of carbonyl (C=O) groups excluding carboxylic acids is 1. The summed E-state index contributed by atoms with van der Waals surface area (Å²) in [6.45, 7) is 3.40. The minimum atomic E-state index is -0.567. The van der Waals surface area contributed by atoms with E-state index in [9.17, 15) is 4.79 Å². The Labute approximate surface area is 99.1 Å². The lowest BCUT2D eigenvalue weighted by Gasteiger charge is -2.23. The van der Waals surface area contributed by atoms with Crippen molar-refractivity contribution in [2.75, 3.05) is 18.5 Å². The van der Waals surface area contributed by atoms with Crippen molar-refractivity contribution in [3.8, 4) is 0 Å². The van der Waals surface area contributed by atoms with E-state index in [4.69, 9.17) is 4.74 Å². The van der Waals surface area contributed by atoms with E-state index in [2.05, 4.69) is 21.2 Å². The van der Waals surface area contributed by atoms with Gasteiger partial charge in [0.2, 0.25) is 0 Å². The van der Waals surface area contributed by atoms with Gasteiger partial charge in [-0.1, -0.05) is 15.9 Å². The minimum Gasteiger partial charge on any atom is -0.365 e. The molecule has 1 amide bonds. The SMILES string of the molecule is CC1(C(=O)NCC2(CBr)CC2)CCCO1. The molecule has 2 rings (SSSR count). The van der Waals surface area contributed by atoms with Gasteiger partial charge in [-0.2, -0.15) is 0 Å².